The lowest BCUT2D eigenvalue weighted by molar-refractivity contribution is 0.0919. The normalized spacial score (nSPS) is 23.2. The number of halogens is 1. The fourth-order valence-corrected chi connectivity index (χ4v) is 4.31. The Balaban J connectivity index is 1.63. The van der Waals surface area contributed by atoms with Crippen molar-refractivity contribution in [3.05, 3.63) is 64.5 Å². The molecule has 0 aliphatic heterocycles. The molecule has 29 heavy (non-hydrogen) atoms. The number of amides is 1. The van der Waals surface area contributed by atoms with E-state index in [0.717, 1.165) is 30.5 Å². The highest BCUT2D eigenvalue weighted by molar-refractivity contribution is 6.15. The Kier molecular flexibility index (Phi) is 4.98. The first-order valence-corrected chi connectivity index (χ1v) is 9.86. The van der Waals surface area contributed by atoms with Crippen LogP contribution in [0.4, 0.5) is 4.39 Å². The average molecular weight is 394 g/mol. The van der Waals surface area contributed by atoms with Crippen molar-refractivity contribution < 1.29 is 14.0 Å². The lowest BCUT2D eigenvalue weighted by Crippen LogP contribution is -2.43. The molecule has 7 heteroatoms. The second kappa shape index (κ2) is 7.46. The molecular formula is C22H23FN4O2. The summed E-state index contributed by atoms with van der Waals surface area (Å²) in [6.07, 6.45) is 6.02. The largest absolute Gasteiger partial charge is 0.337 e. The zero-order chi connectivity index (χ0) is 20.6. The highest BCUT2D eigenvalue weighted by Gasteiger charge is 2.58. The Morgan fingerprint density at radius 3 is 2.76 bits per heavy atom. The zero-order valence-electron chi connectivity index (χ0n) is 16.5. The molecule has 0 spiro atoms. The quantitative estimate of drug-likeness (QED) is 0.785. The molecule has 1 fully saturated rings. The summed E-state index contributed by atoms with van der Waals surface area (Å²) < 4.78 is 12.7. The molecule has 4 rings (SSSR count). The summed E-state index contributed by atoms with van der Waals surface area (Å²) in [5.41, 5.74) is 2.37. The predicted octanol–water partition coefficient (Wildman–Crippen LogP) is 3.52. The number of hydrogen-bond acceptors (Lipinski definition) is 5. The molecule has 2 aromatic heterocycles. The van der Waals surface area contributed by atoms with Gasteiger partial charge in [-0.2, -0.15) is 0 Å². The topological polar surface area (TPSA) is 84.8 Å². The van der Waals surface area contributed by atoms with Crippen molar-refractivity contribution in [3.8, 4) is 0 Å². The van der Waals surface area contributed by atoms with Crippen LogP contribution in [-0.2, 0) is 6.67 Å². The van der Waals surface area contributed by atoms with Gasteiger partial charge in [-0.15, -0.1) is 0 Å². The summed E-state index contributed by atoms with van der Waals surface area (Å²) in [7, 11) is 0. The minimum atomic E-state index is -0.740. The smallest absolute Gasteiger partial charge is 0.272 e. The van der Waals surface area contributed by atoms with Crippen molar-refractivity contribution in [2.24, 2.45) is 5.92 Å². The number of rotatable bonds is 5. The van der Waals surface area contributed by atoms with Crippen molar-refractivity contribution in [2.75, 3.05) is 0 Å². The van der Waals surface area contributed by atoms with Gasteiger partial charge in [0.2, 0.25) is 5.78 Å². The monoisotopic (exact) mass is 394 g/mol. The van der Waals surface area contributed by atoms with E-state index in [1.54, 1.807) is 6.07 Å². The molecule has 150 valence electrons. The summed E-state index contributed by atoms with van der Waals surface area (Å²) in [5.74, 6) is -0.171. The van der Waals surface area contributed by atoms with Crippen molar-refractivity contribution in [1.29, 1.82) is 0 Å². The first-order valence-electron chi connectivity index (χ1n) is 9.86. The van der Waals surface area contributed by atoms with E-state index in [0.29, 0.717) is 23.6 Å². The second-order valence-electron chi connectivity index (χ2n) is 7.93. The molecule has 2 atom stereocenters. The van der Waals surface area contributed by atoms with Crippen LogP contribution in [0.5, 0.6) is 0 Å². The SMILES string of the molecule is Cc1cccc(C(=O)C2=C3CCCC(C)CC32NC(=O)c2cnc(CF)cn2)n1. The highest BCUT2D eigenvalue weighted by atomic mass is 19.1. The molecule has 2 heterocycles. The highest BCUT2D eigenvalue weighted by Crippen LogP contribution is 2.54. The first-order chi connectivity index (χ1) is 13.9. The van der Waals surface area contributed by atoms with Gasteiger partial charge in [0.1, 0.15) is 18.1 Å². The van der Waals surface area contributed by atoms with Crippen LogP contribution >= 0.6 is 0 Å². The number of carbonyl (C=O) groups is 2. The van der Waals surface area contributed by atoms with E-state index < -0.39 is 18.1 Å². The van der Waals surface area contributed by atoms with Crippen molar-refractivity contribution in [2.45, 2.75) is 51.7 Å². The van der Waals surface area contributed by atoms with E-state index >= 15 is 0 Å². The third-order valence-electron chi connectivity index (χ3n) is 5.71. The molecule has 2 aromatic rings. The van der Waals surface area contributed by atoms with E-state index in [1.807, 2.05) is 19.1 Å². The number of ketones is 1. The molecule has 1 amide bonds. The number of alkyl halides is 1. The van der Waals surface area contributed by atoms with Gasteiger partial charge in [0, 0.05) is 11.3 Å². The number of fused-ring (bicyclic) bond motifs is 1. The molecular weight excluding hydrogens is 371 g/mol. The first kappa shape index (κ1) is 19.4. The Morgan fingerprint density at radius 1 is 1.24 bits per heavy atom. The van der Waals surface area contributed by atoms with Gasteiger partial charge in [-0.1, -0.05) is 19.4 Å². The second-order valence-corrected chi connectivity index (χ2v) is 7.93. The number of pyridine rings is 1. The molecule has 0 saturated heterocycles. The minimum Gasteiger partial charge on any atom is -0.337 e. The molecule has 2 aliphatic rings. The van der Waals surface area contributed by atoms with Crippen LogP contribution in [0.2, 0.25) is 0 Å². The maximum absolute atomic E-state index is 13.2. The number of carbonyl (C=O) groups excluding carboxylic acids is 2. The number of aryl methyl sites for hydroxylation is 1. The third kappa shape index (κ3) is 3.57. The molecule has 2 unspecified atom stereocenters. The van der Waals surface area contributed by atoms with Crippen LogP contribution in [-0.4, -0.2) is 32.2 Å². The van der Waals surface area contributed by atoms with E-state index in [1.165, 1.54) is 12.4 Å². The number of nitrogens with one attached hydrogen (secondary N) is 1. The van der Waals surface area contributed by atoms with Gasteiger partial charge in [0.15, 0.2) is 0 Å². The lowest BCUT2D eigenvalue weighted by Gasteiger charge is -2.23. The van der Waals surface area contributed by atoms with Crippen molar-refractivity contribution in [1.82, 2.24) is 20.3 Å². The fourth-order valence-electron chi connectivity index (χ4n) is 4.31. The molecule has 1 saturated carbocycles. The maximum Gasteiger partial charge on any atom is 0.272 e. The van der Waals surface area contributed by atoms with Crippen molar-refractivity contribution >= 4 is 11.7 Å². The van der Waals surface area contributed by atoms with Crippen molar-refractivity contribution in [3.63, 3.8) is 0 Å². The molecule has 0 aromatic carbocycles. The van der Waals surface area contributed by atoms with Crippen LogP contribution in [0.25, 0.3) is 0 Å². The van der Waals surface area contributed by atoms with Crippen LogP contribution in [0.1, 0.15) is 65.0 Å². The summed E-state index contributed by atoms with van der Waals surface area (Å²) in [5, 5.41) is 3.05. The molecule has 2 aliphatic carbocycles. The number of Topliss-reactive ketones (excluding diaryl/α,β-unsaturated/α-hetero) is 1. The van der Waals surface area contributed by atoms with Gasteiger partial charge < -0.3 is 5.32 Å². The Morgan fingerprint density at radius 2 is 2.07 bits per heavy atom. The van der Waals surface area contributed by atoms with E-state index in [-0.39, 0.29) is 17.2 Å². The molecule has 6 nitrogen and oxygen atoms in total. The lowest BCUT2D eigenvalue weighted by atomic mass is 9.92. The zero-order valence-corrected chi connectivity index (χ0v) is 16.5. The van der Waals surface area contributed by atoms with Gasteiger partial charge >= 0.3 is 0 Å². The standard InChI is InChI=1S/C22H23FN4O2/c1-13-5-3-7-16-19(20(28)17-8-4-6-14(2)26-17)22(16,9-13)27-21(29)18-12-24-15(10-23)11-25-18/h4,6,8,11-13H,3,5,7,9-10H2,1-2H3,(H,27,29). The summed E-state index contributed by atoms with van der Waals surface area (Å²) in [4.78, 5) is 38.4. The van der Waals surface area contributed by atoms with Crippen LogP contribution < -0.4 is 5.32 Å². The number of hydrogen-bond donors (Lipinski definition) is 1. The van der Waals surface area contributed by atoms with Crippen LogP contribution in [0.15, 0.2) is 41.7 Å². The Labute approximate surface area is 168 Å². The predicted molar refractivity (Wildman–Crippen MR) is 105 cm³/mol. The van der Waals surface area contributed by atoms with Gasteiger partial charge in [0.25, 0.3) is 5.91 Å². The maximum atomic E-state index is 13.2. The minimum absolute atomic E-state index is 0.111. The summed E-state index contributed by atoms with van der Waals surface area (Å²) >= 11 is 0. The van der Waals surface area contributed by atoms with Gasteiger partial charge in [-0.25, -0.2) is 14.4 Å². The summed E-state index contributed by atoms with van der Waals surface area (Å²) in [6, 6.07) is 5.37. The molecule has 0 bridgehead atoms. The van der Waals surface area contributed by atoms with E-state index in [9.17, 15) is 14.0 Å². The third-order valence-corrected chi connectivity index (χ3v) is 5.71. The van der Waals surface area contributed by atoms with Crippen LogP contribution in [0.3, 0.4) is 0 Å². The average Bonchev–Trinajstić information content (AvgIpc) is 3.35. The van der Waals surface area contributed by atoms with E-state index in [2.05, 4.69) is 27.2 Å². The number of nitrogens with zero attached hydrogens (tertiary/aromatic N) is 3. The van der Waals surface area contributed by atoms with Crippen LogP contribution in [0, 0.1) is 12.8 Å². The Bertz CT molecular complexity index is 1000. The summed E-state index contributed by atoms with van der Waals surface area (Å²) in [6.45, 7) is 3.25. The molecule has 1 N–H and O–H groups in total. The van der Waals surface area contributed by atoms with Gasteiger partial charge in [-0.05, 0) is 49.8 Å². The van der Waals surface area contributed by atoms with Gasteiger partial charge in [0.05, 0.1) is 23.6 Å². The molecule has 0 radical (unpaired) electrons. The van der Waals surface area contributed by atoms with Gasteiger partial charge in [-0.3, -0.25) is 14.6 Å². The van der Waals surface area contributed by atoms with E-state index in [4.69, 9.17) is 0 Å². The Hall–Kier alpha value is -2.96. The number of aromatic nitrogens is 3. The fraction of sp³-hybridized carbons (Fsp3) is 0.409.